The van der Waals surface area contributed by atoms with E-state index < -0.39 is 0 Å². The number of hydrogen-bond donors (Lipinski definition) is 0. The highest BCUT2D eigenvalue weighted by Crippen LogP contribution is 2.14. The predicted molar refractivity (Wildman–Crippen MR) is 45.0 cm³/mol. The minimum atomic E-state index is 0.449. The van der Waals surface area contributed by atoms with Crippen LogP contribution in [0.2, 0.25) is 0 Å². The zero-order valence-electron chi connectivity index (χ0n) is 6.43. The Labute approximate surface area is 69.4 Å². The molecule has 0 aliphatic carbocycles. The van der Waals surface area contributed by atoms with E-state index in [1.54, 1.807) is 0 Å². The largest absolute Gasteiger partial charge is 0.269 e. The van der Waals surface area contributed by atoms with E-state index in [0.717, 1.165) is 4.60 Å². The molecule has 0 saturated heterocycles. The van der Waals surface area contributed by atoms with Crippen molar-refractivity contribution >= 4 is 15.9 Å². The van der Waals surface area contributed by atoms with Crippen LogP contribution in [0.3, 0.4) is 0 Å². The first kappa shape index (κ1) is 7.79. The molecule has 1 rings (SSSR count). The van der Waals surface area contributed by atoms with Crippen LogP contribution in [0.1, 0.15) is 25.5 Å². The lowest BCUT2D eigenvalue weighted by atomic mass is 10.4. The number of nitrogens with zero attached hydrogens (tertiary/aromatic N) is 2. The maximum atomic E-state index is 4.24. The molecule has 0 bridgehead atoms. The predicted octanol–water partition coefficient (Wildman–Crippen LogP) is 2.53. The second-order valence-corrected chi connectivity index (χ2v) is 3.43. The molecule has 10 heavy (non-hydrogen) atoms. The van der Waals surface area contributed by atoms with Gasteiger partial charge >= 0.3 is 0 Å². The van der Waals surface area contributed by atoms with Crippen molar-refractivity contribution in [3.05, 3.63) is 16.4 Å². The molecular formula is C7H11BrN2. The molecule has 1 aromatic rings. The van der Waals surface area contributed by atoms with E-state index in [4.69, 9.17) is 0 Å². The van der Waals surface area contributed by atoms with E-state index in [1.807, 2.05) is 17.8 Å². The highest BCUT2D eigenvalue weighted by atomic mass is 79.9. The van der Waals surface area contributed by atoms with Crippen LogP contribution in [-0.2, 0) is 0 Å². The van der Waals surface area contributed by atoms with Gasteiger partial charge in [-0.3, -0.25) is 4.68 Å². The second kappa shape index (κ2) is 2.74. The van der Waals surface area contributed by atoms with Crippen LogP contribution < -0.4 is 0 Å². The van der Waals surface area contributed by atoms with Crippen molar-refractivity contribution in [3.63, 3.8) is 0 Å². The first-order chi connectivity index (χ1) is 4.61. The maximum Gasteiger partial charge on any atom is 0.131 e. The van der Waals surface area contributed by atoms with Crippen LogP contribution in [0.15, 0.2) is 10.8 Å². The second-order valence-electron chi connectivity index (χ2n) is 2.68. The molecule has 0 fully saturated rings. The fourth-order valence-electron chi connectivity index (χ4n) is 0.725. The SMILES string of the molecule is Cc1cn(C(C)C)nc1Br. The fraction of sp³-hybridized carbons (Fsp3) is 0.571. The molecule has 0 atom stereocenters. The van der Waals surface area contributed by atoms with Gasteiger partial charge in [-0.15, -0.1) is 0 Å². The Kier molecular flexibility index (Phi) is 2.14. The van der Waals surface area contributed by atoms with Crippen molar-refractivity contribution in [2.75, 3.05) is 0 Å². The molecule has 2 nitrogen and oxygen atoms in total. The van der Waals surface area contributed by atoms with Crippen molar-refractivity contribution in [1.82, 2.24) is 9.78 Å². The minimum Gasteiger partial charge on any atom is -0.269 e. The van der Waals surface area contributed by atoms with Gasteiger partial charge in [0.2, 0.25) is 0 Å². The summed E-state index contributed by atoms with van der Waals surface area (Å²) < 4.78 is 2.89. The summed E-state index contributed by atoms with van der Waals surface area (Å²) in [5.41, 5.74) is 1.19. The van der Waals surface area contributed by atoms with Gasteiger partial charge in [0.05, 0.1) is 0 Å². The summed E-state index contributed by atoms with van der Waals surface area (Å²) in [5, 5.41) is 4.24. The van der Waals surface area contributed by atoms with Gasteiger partial charge in [-0.05, 0) is 36.7 Å². The van der Waals surface area contributed by atoms with Crippen LogP contribution >= 0.6 is 15.9 Å². The van der Waals surface area contributed by atoms with Crippen molar-refractivity contribution in [2.24, 2.45) is 0 Å². The van der Waals surface area contributed by atoms with Crippen molar-refractivity contribution in [2.45, 2.75) is 26.8 Å². The van der Waals surface area contributed by atoms with E-state index >= 15 is 0 Å². The van der Waals surface area contributed by atoms with Crippen LogP contribution in [0.4, 0.5) is 0 Å². The topological polar surface area (TPSA) is 17.8 Å². The molecule has 0 amide bonds. The summed E-state index contributed by atoms with van der Waals surface area (Å²) in [6.45, 7) is 6.26. The Morgan fingerprint density at radius 2 is 2.20 bits per heavy atom. The Morgan fingerprint density at radius 1 is 1.60 bits per heavy atom. The average molecular weight is 203 g/mol. The number of rotatable bonds is 1. The van der Waals surface area contributed by atoms with Gasteiger partial charge in [-0.2, -0.15) is 5.10 Å². The lowest BCUT2D eigenvalue weighted by molar-refractivity contribution is 0.529. The molecule has 0 aromatic carbocycles. The zero-order valence-corrected chi connectivity index (χ0v) is 8.01. The first-order valence-electron chi connectivity index (χ1n) is 3.32. The highest BCUT2D eigenvalue weighted by molar-refractivity contribution is 9.10. The first-order valence-corrected chi connectivity index (χ1v) is 4.12. The fourth-order valence-corrected chi connectivity index (χ4v) is 1.01. The van der Waals surface area contributed by atoms with Crippen molar-refractivity contribution in [1.29, 1.82) is 0 Å². The molecular weight excluding hydrogens is 192 g/mol. The quantitative estimate of drug-likeness (QED) is 0.685. The van der Waals surface area contributed by atoms with E-state index in [-0.39, 0.29) is 0 Å². The standard InChI is InChI=1S/C7H11BrN2/c1-5(2)10-4-6(3)7(8)9-10/h4-5H,1-3H3. The Bertz CT molecular complexity index is 208. The highest BCUT2D eigenvalue weighted by Gasteiger charge is 2.02. The van der Waals surface area contributed by atoms with Crippen LogP contribution in [0, 0.1) is 6.92 Å². The van der Waals surface area contributed by atoms with Crippen LogP contribution in [0.25, 0.3) is 0 Å². The van der Waals surface area contributed by atoms with Crippen molar-refractivity contribution < 1.29 is 0 Å². The lowest BCUT2D eigenvalue weighted by Crippen LogP contribution is -2.00. The van der Waals surface area contributed by atoms with Crippen molar-refractivity contribution in [3.8, 4) is 0 Å². The smallest absolute Gasteiger partial charge is 0.131 e. The number of aryl methyl sites for hydroxylation is 1. The third-order valence-electron chi connectivity index (χ3n) is 1.38. The van der Waals surface area contributed by atoms with Gasteiger partial charge in [0, 0.05) is 17.8 Å². The Balaban J connectivity index is 2.98. The summed E-state index contributed by atoms with van der Waals surface area (Å²) in [6, 6.07) is 0.449. The molecule has 1 heterocycles. The summed E-state index contributed by atoms with van der Waals surface area (Å²) in [7, 11) is 0. The molecule has 0 N–H and O–H groups in total. The molecule has 0 spiro atoms. The third kappa shape index (κ3) is 1.40. The Hall–Kier alpha value is -0.310. The lowest BCUT2D eigenvalue weighted by Gasteiger charge is -2.02. The molecule has 56 valence electrons. The molecule has 0 aliphatic heterocycles. The van der Waals surface area contributed by atoms with Gasteiger partial charge < -0.3 is 0 Å². The average Bonchev–Trinajstić information content (AvgIpc) is 2.13. The minimum absolute atomic E-state index is 0.449. The van der Waals surface area contributed by atoms with Gasteiger partial charge in [0.1, 0.15) is 4.60 Å². The normalized spacial score (nSPS) is 10.9. The number of halogens is 1. The molecule has 0 radical (unpaired) electrons. The summed E-state index contributed by atoms with van der Waals surface area (Å²) >= 11 is 3.35. The number of aromatic nitrogens is 2. The monoisotopic (exact) mass is 202 g/mol. The van der Waals surface area contributed by atoms with Gasteiger partial charge in [-0.25, -0.2) is 0 Å². The molecule has 0 saturated carbocycles. The summed E-state index contributed by atoms with van der Waals surface area (Å²) in [6.07, 6.45) is 2.04. The summed E-state index contributed by atoms with van der Waals surface area (Å²) in [4.78, 5) is 0. The van der Waals surface area contributed by atoms with E-state index in [2.05, 4.69) is 34.9 Å². The van der Waals surface area contributed by atoms with E-state index in [9.17, 15) is 0 Å². The van der Waals surface area contributed by atoms with Crippen LogP contribution in [-0.4, -0.2) is 9.78 Å². The molecule has 0 aliphatic rings. The molecule has 0 unspecified atom stereocenters. The van der Waals surface area contributed by atoms with Gasteiger partial charge in [0.15, 0.2) is 0 Å². The van der Waals surface area contributed by atoms with Crippen LogP contribution in [0.5, 0.6) is 0 Å². The summed E-state index contributed by atoms with van der Waals surface area (Å²) in [5.74, 6) is 0. The third-order valence-corrected chi connectivity index (χ3v) is 2.17. The maximum absolute atomic E-state index is 4.24. The van der Waals surface area contributed by atoms with Gasteiger partial charge in [0.25, 0.3) is 0 Å². The number of hydrogen-bond acceptors (Lipinski definition) is 1. The molecule has 1 aromatic heterocycles. The van der Waals surface area contributed by atoms with E-state index in [1.165, 1.54) is 5.56 Å². The molecule has 3 heteroatoms. The Morgan fingerprint density at radius 3 is 2.40 bits per heavy atom. The zero-order chi connectivity index (χ0) is 7.72. The van der Waals surface area contributed by atoms with Gasteiger partial charge in [-0.1, -0.05) is 0 Å². The van der Waals surface area contributed by atoms with E-state index in [0.29, 0.717) is 6.04 Å².